The quantitative estimate of drug-likeness (QED) is 0.388. The molecular weight excluding hydrogens is 453 g/mol. The van der Waals surface area contributed by atoms with Gasteiger partial charge in [-0.25, -0.2) is 9.97 Å². The Hall–Kier alpha value is -2.78. The summed E-state index contributed by atoms with van der Waals surface area (Å²) in [6.45, 7) is 8.75. The van der Waals surface area contributed by atoms with Crippen molar-refractivity contribution in [3.05, 3.63) is 52.8 Å². The van der Waals surface area contributed by atoms with E-state index >= 15 is 0 Å². The lowest BCUT2D eigenvalue weighted by atomic mass is 10.0. The molecule has 176 valence electrons. The van der Waals surface area contributed by atoms with Gasteiger partial charge in [0, 0.05) is 42.9 Å². The van der Waals surface area contributed by atoms with Crippen LogP contribution in [0.5, 0.6) is 0 Å². The molecule has 1 saturated heterocycles. The fourth-order valence-electron chi connectivity index (χ4n) is 4.10. The van der Waals surface area contributed by atoms with Crippen LogP contribution in [-0.2, 0) is 6.18 Å². The molecule has 0 spiro atoms. The van der Waals surface area contributed by atoms with E-state index in [4.69, 9.17) is 17.3 Å². The van der Waals surface area contributed by atoms with Crippen LogP contribution in [0.1, 0.15) is 31.0 Å². The fourth-order valence-corrected chi connectivity index (χ4v) is 4.27. The molecular formula is C23H26ClF3N6. The minimum Gasteiger partial charge on any atom is -0.399 e. The molecule has 10 heteroatoms. The van der Waals surface area contributed by atoms with E-state index in [9.17, 15) is 13.2 Å². The summed E-state index contributed by atoms with van der Waals surface area (Å²) in [5.41, 5.74) is 7.10. The van der Waals surface area contributed by atoms with E-state index in [1.54, 1.807) is 6.92 Å². The number of hydrogen-bond donors (Lipinski definition) is 2. The number of nitrogen functional groups attached to an aromatic ring is 1. The first-order valence-corrected chi connectivity index (χ1v) is 11.2. The zero-order valence-electron chi connectivity index (χ0n) is 18.5. The smallest absolute Gasteiger partial charge is 0.399 e. The number of nitrogens with one attached hydrogen (secondary N) is 1. The predicted molar refractivity (Wildman–Crippen MR) is 127 cm³/mol. The summed E-state index contributed by atoms with van der Waals surface area (Å²) in [5.74, 6) is 0.461. The first-order valence-electron chi connectivity index (χ1n) is 10.8. The number of nitrogens with zero attached hydrogens (tertiary/aromatic N) is 4. The van der Waals surface area contributed by atoms with Crippen LogP contribution in [-0.4, -0.2) is 47.6 Å². The summed E-state index contributed by atoms with van der Waals surface area (Å²) in [6.07, 6.45) is -4.48. The van der Waals surface area contributed by atoms with Gasteiger partial charge in [0.15, 0.2) is 0 Å². The minimum atomic E-state index is -4.48. The van der Waals surface area contributed by atoms with Crippen LogP contribution < -0.4 is 16.0 Å². The standard InChI is InChI=1S/C23H26ClF3N6/c1-3-32-6-8-33(9-7-32)18-4-5-20-19(13-18)21(31-22(24)30-20)29-14(2)15-10-16(23(25,26)27)12-17(28)11-15/h4-5,10-14H,3,6-9,28H2,1-2H3,(H,29,30,31). The van der Waals surface area contributed by atoms with Gasteiger partial charge in [-0.3, -0.25) is 0 Å². The van der Waals surface area contributed by atoms with Crippen LogP contribution in [0.4, 0.5) is 30.4 Å². The van der Waals surface area contributed by atoms with Crippen molar-refractivity contribution in [2.45, 2.75) is 26.1 Å². The summed E-state index contributed by atoms with van der Waals surface area (Å²) < 4.78 is 39.7. The molecule has 3 N–H and O–H groups in total. The van der Waals surface area contributed by atoms with Gasteiger partial charge in [0.2, 0.25) is 5.28 Å². The number of aromatic nitrogens is 2. The van der Waals surface area contributed by atoms with Crippen molar-refractivity contribution in [1.29, 1.82) is 0 Å². The van der Waals surface area contributed by atoms with Gasteiger partial charge in [0.1, 0.15) is 5.82 Å². The number of benzene rings is 2. The topological polar surface area (TPSA) is 70.3 Å². The fraction of sp³-hybridized carbons (Fsp3) is 0.391. The highest BCUT2D eigenvalue weighted by atomic mass is 35.5. The van der Waals surface area contributed by atoms with Crippen LogP contribution in [0.2, 0.25) is 5.28 Å². The molecule has 0 saturated carbocycles. The Kier molecular flexibility index (Phi) is 6.54. The van der Waals surface area contributed by atoms with Gasteiger partial charge in [0.25, 0.3) is 0 Å². The third kappa shape index (κ3) is 5.25. The molecule has 6 nitrogen and oxygen atoms in total. The number of likely N-dealkylation sites (N-methyl/N-ethyl adjacent to an activating group) is 1. The van der Waals surface area contributed by atoms with Crippen LogP contribution in [0.25, 0.3) is 10.9 Å². The lowest BCUT2D eigenvalue weighted by Gasteiger charge is -2.35. The Labute approximate surface area is 195 Å². The third-order valence-corrected chi connectivity index (χ3v) is 6.16. The van der Waals surface area contributed by atoms with E-state index in [-0.39, 0.29) is 11.0 Å². The summed E-state index contributed by atoms with van der Waals surface area (Å²) in [4.78, 5) is 13.3. The maximum Gasteiger partial charge on any atom is 0.416 e. The van der Waals surface area contributed by atoms with Gasteiger partial charge in [-0.1, -0.05) is 6.92 Å². The average molecular weight is 479 g/mol. The number of fused-ring (bicyclic) bond motifs is 1. The second-order valence-electron chi connectivity index (χ2n) is 8.22. The van der Waals surface area contributed by atoms with Gasteiger partial charge in [-0.05, 0) is 67.0 Å². The molecule has 0 amide bonds. The molecule has 1 fully saturated rings. The van der Waals surface area contributed by atoms with E-state index in [2.05, 4.69) is 32.0 Å². The number of nitrogens with two attached hydrogens (primary N) is 1. The molecule has 1 atom stereocenters. The second-order valence-corrected chi connectivity index (χ2v) is 8.55. The monoisotopic (exact) mass is 478 g/mol. The Balaban J connectivity index is 1.65. The van der Waals surface area contributed by atoms with Gasteiger partial charge < -0.3 is 20.9 Å². The average Bonchev–Trinajstić information content (AvgIpc) is 2.78. The first-order chi connectivity index (χ1) is 15.6. The number of piperazine rings is 1. The summed E-state index contributed by atoms with van der Waals surface area (Å²) >= 11 is 6.14. The number of anilines is 3. The Morgan fingerprint density at radius 1 is 1.09 bits per heavy atom. The molecule has 33 heavy (non-hydrogen) atoms. The lowest BCUT2D eigenvalue weighted by Crippen LogP contribution is -2.46. The highest BCUT2D eigenvalue weighted by Gasteiger charge is 2.31. The summed E-state index contributed by atoms with van der Waals surface area (Å²) in [7, 11) is 0. The molecule has 1 aliphatic rings. The van der Waals surface area contributed by atoms with Gasteiger partial charge in [0.05, 0.1) is 17.1 Å². The van der Waals surface area contributed by atoms with Crippen LogP contribution >= 0.6 is 11.6 Å². The van der Waals surface area contributed by atoms with Gasteiger partial charge in [-0.15, -0.1) is 0 Å². The Bertz CT molecular complexity index is 1140. The van der Waals surface area contributed by atoms with E-state index in [0.717, 1.165) is 55.9 Å². The molecule has 2 aromatic carbocycles. The second kappa shape index (κ2) is 9.23. The van der Waals surface area contributed by atoms with Gasteiger partial charge in [-0.2, -0.15) is 13.2 Å². The van der Waals surface area contributed by atoms with E-state index < -0.39 is 17.8 Å². The predicted octanol–water partition coefficient (Wildman–Crippen LogP) is 5.20. The van der Waals surface area contributed by atoms with Crippen molar-refractivity contribution in [1.82, 2.24) is 14.9 Å². The number of hydrogen-bond acceptors (Lipinski definition) is 6. The molecule has 0 bridgehead atoms. The largest absolute Gasteiger partial charge is 0.416 e. The van der Waals surface area contributed by atoms with Crippen molar-refractivity contribution in [3.63, 3.8) is 0 Å². The van der Waals surface area contributed by atoms with E-state index in [1.165, 1.54) is 6.07 Å². The highest BCUT2D eigenvalue weighted by Crippen LogP contribution is 2.34. The molecule has 0 radical (unpaired) electrons. The van der Waals surface area contributed by atoms with E-state index in [1.807, 2.05) is 18.2 Å². The molecule has 1 aliphatic heterocycles. The SMILES string of the molecule is CCN1CCN(c2ccc3nc(Cl)nc(NC(C)c4cc(N)cc(C(F)(F)F)c4)c3c2)CC1. The molecule has 2 heterocycles. The van der Waals surface area contributed by atoms with Gasteiger partial charge >= 0.3 is 6.18 Å². The highest BCUT2D eigenvalue weighted by molar-refractivity contribution is 6.28. The van der Waals surface area contributed by atoms with Crippen molar-refractivity contribution < 1.29 is 13.2 Å². The zero-order chi connectivity index (χ0) is 23.8. The van der Waals surface area contributed by atoms with Crippen LogP contribution in [0.3, 0.4) is 0 Å². The normalized spacial score (nSPS) is 16.2. The number of rotatable bonds is 5. The van der Waals surface area contributed by atoms with Crippen LogP contribution in [0, 0.1) is 0 Å². The Morgan fingerprint density at radius 3 is 2.48 bits per heavy atom. The number of halogens is 4. The van der Waals surface area contributed by atoms with Crippen LogP contribution in [0.15, 0.2) is 36.4 Å². The van der Waals surface area contributed by atoms with Crippen molar-refractivity contribution in [2.75, 3.05) is 48.7 Å². The number of alkyl halides is 3. The van der Waals surface area contributed by atoms with Crippen molar-refractivity contribution >= 4 is 39.7 Å². The summed E-state index contributed by atoms with van der Waals surface area (Å²) in [5, 5.41) is 4.02. The maximum atomic E-state index is 13.2. The lowest BCUT2D eigenvalue weighted by molar-refractivity contribution is -0.137. The molecule has 3 aromatic rings. The molecule has 1 unspecified atom stereocenters. The summed E-state index contributed by atoms with van der Waals surface area (Å²) in [6, 6.07) is 8.95. The zero-order valence-corrected chi connectivity index (χ0v) is 19.2. The van der Waals surface area contributed by atoms with Crippen molar-refractivity contribution in [2.24, 2.45) is 0 Å². The van der Waals surface area contributed by atoms with Crippen molar-refractivity contribution in [3.8, 4) is 0 Å². The molecule has 1 aromatic heterocycles. The van der Waals surface area contributed by atoms with E-state index in [0.29, 0.717) is 16.9 Å². The minimum absolute atomic E-state index is 0.0487. The first kappa shape index (κ1) is 23.4. The molecule has 4 rings (SSSR count). The molecule has 0 aliphatic carbocycles. The maximum absolute atomic E-state index is 13.2. The third-order valence-electron chi connectivity index (χ3n) is 5.99. The Morgan fingerprint density at radius 2 is 1.82 bits per heavy atom.